The highest BCUT2D eigenvalue weighted by molar-refractivity contribution is 7.91. The Bertz CT molecular complexity index is 787. The van der Waals surface area contributed by atoms with Crippen LogP contribution in [0.1, 0.15) is 18.1 Å². The van der Waals surface area contributed by atoms with Crippen molar-refractivity contribution in [3.05, 3.63) is 52.9 Å². The summed E-state index contributed by atoms with van der Waals surface area (Å²) in [5, 5.41) is 8.10. The van der Waals surface area contributed by atoms with Gasteiger partial charge >= 0.3 is 0 Å². The van der Waals surface area contributed by atoms with Crippen LogP contribution in [0, 0.1) is 0 Å². The Morgan fingerprint density at radius 2 is 1.84 bits per heavy atom. The molecule has 0 fully saturated rings. The Morgan fingerprint density at radius 3 is 2.48 bits per heavy atom. The van der Waals surface area contributed by atoms with Crippen molar-refractivity contribution in [1.29, 1.82) is 0 Å². The maximum absolute atomic E-state index is 12.0. The van der Waals surface area contributed by atoms with Crippen LogP contribution in [0.25, 0.3) is 0 Å². The molecular weight excluding hydrogens is 356 g/mol. The lowest BCUT2D eigenvalue weighted by atomic mass is 10.1. The SMILES string of the molecule is CCc1ccccc1CNC(=NC)NCCNS(=O)(=O)c1cccs1. The first kappa shape index (κ1) is 19.4. The first-order valence-electron chi connectivity index (χ1n) is 8.11. The van der Waals surface area contributed by atoms with Gasteiger partial charge in [0.15, 0.2) is 5.96 Å². The van der Waals surface area contributed by atoms with Gasteiger partial charge in [-0.3, -0.25) is 4.99 Å². The molecule has 0 aliphatic carbocycles. The first-order valence-corrected chi connectivity index (χ1v) is 10.5. The molecule has 0 radical (unpaired) electrons. The van der Waals surface area contributed by atoms with Crippen molar-refractivity contribution in [2.75, 3.05) is 20.1 Å². The molecule has 2 rings (SSSR count). The van der Waals surface area contributed by atoms with Crippen LogP contribution in [-0.2, 0) is 23.0 Å². The van der Waals surface area contributed by atoms with Crippen molar-refractivity contribution >= 4 is 27.3 Å². The molecule has 0 aliphatic rings. The van der Waals surface area contributed by atoms with E-state index in [-0.39, 0.29) is 6.54 Å². The molecule has 0 saturated heterocycles. The number of rotatable bonds is 8. The number of hydrogen-bond acceptors (Lipinski definition) is 4. The monoisotopic (exact) mass is 380 g/mol. The van der Waals surface area contributed by atoms with E-state index in [1.54, 1.807) is 24.6 Å². The fourth-order valence-corrected chi connectivity index (χ4v) is 4.40. The van der Waals surface area contributed by atoms with Gasteiger partial charge in [-0.25, -0.2) is 13.1 Å². The van der Waals surface area contributed by atoms with E-state index in [0.717, 1.165) is 6.42 Å². The molecule has 0 unspecified atom stereocenters. The number of hydrogen-bond donors (Lipinski definition) is 3. The fourth-order valence-electron chi connectivity index (χ4n) is 2.33. The molecule has 0 aliphatic heterocycles. The maximum atomic E-state index is 12.0. The van der Waals surface area contributed by atoms with E-state index in [2.05, 4.69) is 39.4 Å². The summed E-state index contributed by atoms with van der Waals surface area (Å²) < 4.78 is 26.9. The number of aliphatic imine (C=N–C) groups is 1. The Balaban J connectivity index is 1.77. The van der Waals surface area contributed by atoms with Crippen molar-refractivity contribution in [3.8, 4) is 0 Å². The van der Waals surface area contributed by atoms with E-state index in [1.165, 1.54) is 22.5 Å². The predicted molar refractivity (Wildman–Crippen MR) is 104 cm³/mol. The number of benzene rings is 1. The summed E-state index contributed by atoms with van der Waals surface area (Å²) in [6.45, 7) is 3.53. The third-order valence-corrected chi connectivity index (χ3v) is 6.50. The van der Waals surface area contributed by atoms with Crippen LogP contribution < -0.4 is 15.4 Å². The van der Waals surface area contributed by atoms with Crippen LogP contribution in [0.3, 0.4) is 0 Å². The van der Waals surface area contributed by atoms with Gasteiger partial charge in [-0.15, -0.1) is 11.3 Å². The Morgan fingerprint density at radius 1 is 1.08 bits per heavy atom. The molecule has 136 valence electrons. The number of nitrogens with one attached hydrogen (secondary N) is 3. The lowest BCUT2D eigenvalue weighted by Crippen LogP contribution is -2.41. The van der Waals surface area contributed by atoms with Crippen LogP contribution in [0.2, 0.25) is 0 Å². The normalized spacial score (nSPS) is 12.2. The zero-order valence-corrected chi connectivity index (χ0v) is 16.1. The van der Waals surface area contributed by atoms with Crippen LogP contribution in [0.4, 0.5) is 0 Å². The van der Waals surface area contributed by atoms with E-state index in [9.17, 15) is 8.42 Å². The summed E-state index contributed by atoms with van der Waals surface area (Å²) in [6, 6.07) is 11.6. The minimum atomic E-state index is -3.42. The molecular formula is C17H24N4O2S2. The largest absolute Gasteiger partial charge is 0.355 e. The van der Waals surface area contributed by atoms with E-state index >= 15 is 0 Å². The molecule has 8 heteroatoms. The molecule has 0 bridgehead atoms. The van der Waals surface area contributed by atoms with Gasteiger partial charge in [0.05, 0.1) is 0 Å². The van der Waals surface area contributed by atoms with Crippen LogP contribution >= 0.6 is 11.3 Å². The maximum Gasteiger partial charge on any atom is 0.250 e. The number of guanidine groups is 1. The molecule has 1 heterocycles. The first-order chi connectivity index (χ1) is 12.1. The molecule has 1 aromatic heterocycles. The van der Waals surface area contributed by atoms with Gasteiger partial charge in [0.1, 0.15) is 4.21 Å². The van der Waals surface area contributed by atoms with E-state index in [0.29, 0.717) is 23.3 Å². The highest BCUT2D eigenvalue weighted by Gasteiger charge is 2.13. The van der Waals surface area contributed by atoms with Gasteiger partial charge in [0.2, 0.25) is 10.0 Å². The third kappa shape index (κ3) is 5.84. The van der Waals surface area contributed by atoms with Gasteiger partial charge < -0.3 is 10.6 Å². The molecule has 0 atom stereocenters. The molecule has 6 nitrogen and oxygen atoms in total. The average Bonchev–Trinajstić information content (AvgIpc) is 3.17. The van der Waals surface area contributed by atoms with E-state index in [1.807, 2.05) is 12.1 Å². The van der Waals surface area contributed by atoms with E-state index < -0.39 is 10.0 Å². The van der Waals surface area contributed by atoms with Crippen molar-refractivity contribution in [1.82, 2.24) is 15.4 Å². The Kier molecular flexibility index (Phi) is 7.42. The standard InChI is InChI=1S/C17H24N4O2S2/c1-3-14-7-4-5-8-15(14)13-20-17(18-2)19-10-11-21-25(22,23)16-9-6-12-24-16/h4-9,12,21H,3,10-11,13H2,1-2H3,(H2,18,19,20). The van der Waals surface area contributed by atoms with Crippen molar-refractivity contribution in [2.45, 2.75) is 24.1 Å². The third-order valence-electron chi connectivity index (χ3n) is 3.64. The van der Waals surface area contributed by atoms with Crippen molar-refractivity contribution < 1.29 is 8.42 Å². The number of sulfonamides is 1. The van der Waals surface area contributed by atoms with Gasteiger partial charge in [0, 0.05) is 26.7 Å². The number of aryl methyl sites for hydroxylation is 1. The van der Waals surface area contributed by atoms with Crippen LogP contribution in [0.5, 0.6) is 0 Å². The van der Waals surface area contributed by atoms with Gasteiger partial charge in [0.25, 0.3) is 0 Å². The number of thiophene rings is 1. The molecule has 0 amide bonds. The summed E-state index contributed by atoms with van der Waals surface area (Å²) in [6.07, 6.45) is 0.981. The molecule has 25 heavy (non-hydrogen) atoms. The fraction of sp³-hybridized carbons (Fsp3) is 0.353. The second-order valence-electron chi connectivity index (χ2n) is 5.30. The molecule has 2 aromatic rings. The molecule has 3 N–H and O–H groups in total. The van der Waals surface area contributed by atoms with Crippen molar-refractivity contribution in [2.24, 2.45) is 4.99 Å². The second-order valence-corrected chi connectivity index (χ2v) is 8.25. The molecule has 0 spiro atoms. The zero-order chi connectivity index (χ0) is 18.1. The quantitative estimate of drug-likeness (QED) is 0.371. The molecule has 1 aromatic carbocycles. The van der Waals surface area contributed by atoms with E-state index in [4.69, 9.17) is 0 Å². The average molecular weight is 381 g/mol. The topological polar surface area (TPSA) is 82.6 Å². The van der Waals surface area contributed by atoms with Crippen LogP contribution in [-0.4, -0.2) is 34.5 Å². The van der Waals surface area contributed by atoms with Crippen molar-refractivity contribution in [3.63, 3.8) is 0 Å². The summed E-state index contributed by atoms with van der Waals surface area (Å²) in [4.78, 5) is 4.16. The summed E-state index contributed by atoms with van der Waals surface area (Å²) in [5.74, 6) is 0.640. The number of nitrogens with zero attached hydrogens (tertiary/aromatic N) is 1. The highest BCUT2D eigenvalue weighted by Crippen LogP contribution is 2.14. The Hall–Kier alpha value is -1.90. The van der Waals surface area contributed by atoms with Gasteiger partial charge in [-0.1, -0.05) is 37.3 Å². The lowest BCUT2D eigenvalue weighted by Gasteiger charge is -2.14. The van der Waals surface area contributed by atoms with Gasteiger partial charge in [-0.2, -0.15) is 0 Å². The Labute approximate surface area is 153 Å². The zero-order valence-electron chi connectivity index (χ0n) is 14.5. The molecule has 0 saturated carbocycles. The smallest absolute Gasteiger partial charge is 0.250 e. The summed E-state index contributed by atoms with van der Waals surface area (Å²) in [7, 11) is -1.73. The second kappa shape index (κ2) is 9.55. The minimum absolute atomic E-state index is 0.284. The highest BCUT2D eigenvalue weighted by atomic mass is 32.2. The van der Waals surface area contributed by atoms with Crippen LogP contribution in [0.15, 0.2) is 51.0 Å². The lowest BCUT2D eigenvalue weighted by molar-refractivity contribution is 0.582. The summed E-state index contributed by atoms with van der Waals surface area (Å²) in [5.41, 5.74) is 2.53. The van der Waals surface area contributed by atoms with Gasteiger partial charge in [-0.05, 0) is 29.0 Å². The predicted octanol–water partition coefficient (Wildman–Crippen LogP) is 1.95. The summed E-state index contributed by atoms with van der Waals surface area (Å²) >= 11 is 1.20. The minimum Gasteiger partial charge on any atom is -0.355 e.